The maximum atomic E-state index is 9.21. The Labute approximate surface area is 104 Å². The van der Waals surface area contributed by atoms with Crippen LogP contribution in [0.2, 0.25) is 0 Å². The van der Waals surface area contributed by atoms with Crippen LogP contribution in [0.4, 0.5) is 10.8 Å². The topological polar surface area (TPSA) is 65.4 Å². The van der Waals surface area contributed by atoms with E-state index in [2.05, 4.69) is 10.3 Å². The normalized spacial score (nSPS) is 10.9. The van der Waals surface area contributed by atoms with Gasteiger partial charge in [0, 0.05) is 16.6 Å². The molecular weight excluding hydrogens is 236 g/mol. The molecule has 0 fully saturated rings. The molecule has 4 nitrogen and oxygen atoms in total. The summed E-state index contributed by atoms with van der Waals surface area (Å²) in [5.74, 6) is 0. The number of hydrogen-bond donors (Lipinski definition) is 3. The zero-order valence-electron chi connectivity index (χ0n) is 9.64. The quantitative estimate of drug-likeness (QED) is 0.732. The molecule has 90 valence electrons. The van der Waals surface area contributed by atoms with Gasteiger partial charge >= 0.3 is 0 Å². The van der Waals surface area contributed by atoms with E-state index in [1.807, 2.05) is 31.4 Å². The fourth-order valence-electron chi connectivity index (χ4n) is 1.53. The third-order valence-electron chi connectivity index (χ3n) is 2.43. The SMILES string of the molecule is Cc1csc(Nc2ccc(C)c(C(O)O)c2)n1. The minimum Gasteiger partial charge on any atom is -0.364 e. The van der Waals surface area contributed by atoms with Gasteiger partial charge in [-0.05, 0) is 31.5 Å². The third-order valence-corrected chi connectivity index (χ3v) is 3.30. The van der Waals surface area contributed by atoms with Crippen molar-refractivity contribution >= 4 is 22.2 Å². The molecular formula is C12H14N2O2S. The van der Waals surface area contributed by atoms with Gasteiger partial charge in [0.25, 0.3) is 0 Å². The molecule has 0 saturated carbocycles. The molecule has 0 amide bonds. The summed E-state index contributed by atoms with van der Waals surface area (Å²) in [5.41, 5.74) is 3.12. The highest BCUT2D eigenvalue weighted by molar-refractivity contribution is 7.13. The molecule has 1 heterocycles. The van der Waals surface area contributed by atoms with Gasteiger partial charge in [0.05, 0.1) is 5.69 Å². The fraction of sp³-hybridized carbons (Fsp3) is 0.250. The van der Waals surface area contributed by atoms with E-state index >= 15 is 0 Å². The number of aliphatic hydroxyl groups excluding tert-OH is 1. The summed E-state index contributed by atoms with van der Waals surface area (Å²) in [5, 5.41) is 24.3. The van der Waals surface area contributed by atoms with Crippen LogP contribution in [0, 0.1) is 13.8 Å². The summed E-state index contributed by atoms with van der Waals surface area (Å²) in [6, 6.07) is 5.45. The molecule has 1 aromatic heterocycles. The molecule has 0 atom stereocenters. The van der Waals surface area contributed by atoms with Crippen LogP contribution >= 0.6 is 11.3 Å². The Morgan fingerprint density at radius 3 is 2.65 bits per heavy atom. The summed E-state index contributed by atoms with van der Waals surface area (Å²) in [6.07, 6.45) is -1.45. The van der Waals surface area contributed by atoms with Crippen LogP contribution in [-0.4, -0.2) is 15.2 Å². The number of nitrogens with zero attached hydrogens (tertiary/aromatic N) is 1. The van der Waals surface area contributed by atoms with Crippen molar-refractivity contribution in [1.29, 1.82) is 0 Å². The molecule has 2 aromatic rings. The number of aliphatic hydroxyl groups is 2. The number of aryl methyl sites for hydroxylation is 2. The minimum atomic E-state index is -1.45. The van der Waals surface area contributed by atoms with Crippen LogP contribution in [-0.2, 0) is 0 Å². The van der Waals surface area contributed by atoms with E-state index in [1.54, 1.807) is 6.07 Å². The second-order valence-corrected chi connectivity index (χ2v) is 4.72. The Balaban J connectivity index is 2.25. The van der Waals surface area contributed by atoms with Crippen LogP contribution in [0.15, 0.2) is 23.6 Å². The van der Waals surface area contributed by atoms with Crippen LogP contribution in [0.5, 0.6) is 0 Å². The predicted molar refractivity (Wildman–Crippen MR) is 68.5 cm³/mol. The van der Waals surface area contributed by atoms with Crippen molar-refractivity contribution in [2.75, 3.05) is 5.32 Å². The lowest BCUT2D eigenvalue weighted by atomic mass is 10.1. The molecule has 0 saturated heterocycles. The molecule has 0 aliphatic carbocycles. The van der Waals surface area contributed by atoms with Gasteiger partial charge in [-0.1, -0.05) is 6.07 Å². The van der Waals surface area contributed by atoms with E-state index in [1.165, 1.54) is 11.3 Å². The molecule has 0 radical (unpaired) electrons. The minimum absolute atomic E-state index is 0.503. The van der Waals surface area contributed by atoms with Crippen LogP contribution in [0.25, 0.3) is 0 Å². The smallest absolute Gasteiger partial charge is 0.187 e. The van der Waals surface area contributed by atoms with Crippen molar-refractivity contribution in [3.63, 3.8) is 0 Å². The zero-order chi connectivity index (χ0) is 12.4. The summed E-state index contributed by atoms with van der Waals surface area (Å²) in [7, 11) is 0. The molecule has 5 heteroatoms. The number of anilines is 2. The Bertz CT molecular complexity index is 523. The van der Waals surface area contributed by atoms with Crippen molar-refractivity contribution in [1.82, 2.24) is 4.98 Å². The van der Waals surface area contributed by atoms with Crippen LogP contribution < -0.4 is 5.32 Å². The van der Waals surface area contributed by atoms with Crippen molar-refractivity contribution in [3.8, 4) is 0 Å². The first kappa shape index (κ1) is 12.0. The lowest BCUT2D eigenvalue weighted by Crippen LogP contribution is -1.99. The van der Waals surface area contributed by atoms with Gasteiger partial charge in [-0.2, -0.15) is 0 Å². The molecule has 3 N–H and O–H groups in total. The van der Waals surface area contributed by atoms with Crippen molar-refractivity contribution in [3.05, 3.63) is 40.4 Å². The van der Waals surface area contributed by atoms with Gasteiger partial charge < -0.3 is 15.5 Å². The molecule has 0 aliphatic heterocycles. The van der Waals surface area contributed by atoms with Gasteiger partial charge in [0.1, 0.15) is 0 Å². The van der Waals surface area contributed by atoms with Crippen LogP contribution in [0.3, 0.4) is 0 Å². The average Bonchev–Trinajstić information content (AvgIpc) is 2.66. The maximum Gasteiger partial charge on any atom is 0.187 e. The second kappa shape index (κ2) is 4.83. The summed E-state index contributed by atoms with van der Waals surface area (Å²) >= 11 is 1.52. The third kappa shape index (κ3) is 2.82. The van der Waals surface area contributed by atoms with E-state index in [4.69, 9.17) is 0 Å². The molecule has 0 spiro atoms. The molecule has 0 unspecified atom stereocenters. The van der Waals surface area contributed by atoms with Gasteiger partial charge in [-0.15, -0.1) is 11.3 Å². The Hall–Kier alpha value is -1.43. The van der Waals surface area contributed by atoms with E-state index in [-0.39, 0.29) is 0 Å². The highest BCUT2D eigenvalue weighted by atomic mass is 32.1. The van der Waals surface area contributed by atoms with E-state index in [0.717, 1.165) is 22.1 Å². The highest BCUT2D eigenvalue weighted by Gasteiger charge is 2.08. The van der Waals surface area contributed by atoms with Gasteiger partial charge in [0.2, 0.25) is 0 Å². The molecule has 0 aliphatic rings. The average molecular weight is 250 g/mol. The summed E-state index contributed by atoms with van der Waals surface area (Å²) in [4.78, 5) is 4.29. The molecule has 17 heavy (non-hydrogen) atoms. The van der Waals surface area contributed by atoms with E-state index in [0.29, 0.717) is 5.56 Å². The van der Waals surface area contributed by atoms with Crippen molar-refractivity contribution in [2.45, 2.75) is 20.1 Å². The standard InChI is InChI=1S/C12H14N2O2S/c1-7-3-4-9(5-10(7)11(15)16)14-12-13-8(2)6-17-12/h3-6,11,15-16H,1-2H3,(H,13,14). The zero-order valence-corrected chi connectivity index (χ0v) is 10.5. The first-order valence-electron chi connectivity index (χ1n) is 5.22. The molecule has 2 rings (SSSR count). The first-order valence-corrected chi connectivity index (χ1v) is 6.10. The van der Waals surface area contributed by atoms with Gasteiger partial charge in [-0.3, -0.25) is 0 Å². The molecule has 0 bridgehead atoms. The van der Waals surface area contributed by atoms with Crippen molar-refractivity contribution in [2.24, 2.45) is 0 Å². The summed E-state index contributed by atoms with van der Waals surface area (Å²) in [6.45, 7) is 3.77. The lowest BCUT2D eigenvalue weighted by molar-refractivity contribution is -0.0428. The van der Waals surface area contributed by atoms with Gasteiger partial charge in [0.15, 0.2) is 11.4 Å². The Morgan fingerprint density at radius 1 is 1.29 bits per heavy atom. The number of nitrogens with one attached hydrogen (secondary N) is 1. The number of rotatable bonds is 3. The number of hydrogen-bond acceptors (Lipinski definition) is 5. The van der Waals surface area contributed by atoms with Crippen LogP contribution in [0.1, 0.15) is 23.1 Å². The monoisotopic (exact) mass is 250 g/mol. The maximum absolute atomic E-state index is 9.21. The second-order valence-electron chi connectivity index (χ2n) is 3.86. The Morgan fingerprint density at radius 2 is 2.06 bits per heavy atom. The van der Waals surface area contributed by atoms with Crippen molar-refractivity contribution < 1.29 is 10.2 Å². The Kier molecular flexibility index (Phi) is 3.42. The first-order chi connectivity index (χ1) is 8.06. The highest BCUT2D eigenvalue weighted by Crippen LogP contribution is 2.24. The van der Waals surface area contributed by atoms with Gasteiger partial charge in [-0.25, -0.2) is 4.98 Å². The predicted octanol–water partition coefficient (Wildman–Crippen LogP) is 2.49. The number of thiazole rings is 1. The lowest BCUT2D eigenvalue weighted by Gasteiger charge is -2.10. The fourth-order valence-corrected chi connectivity index (χ4v) is 2.24. The number of benzene rings is 1. The summed E-state index contributed by atoms with van der Waals surface area (Å²) < 4.78 is 0. The van der Waals surface area contributed by atoms with E-state index < -0.39 is 6.29 Å². The molecule has 1 aromatic carbocycles. The van der Waals surface area contributed by atoms with E-state index in [9.17, 15) is 10.2 Å². The largest absolute Gasteiger partial charge is 0.364 e. The number of aromatic nitrogens is 1.